The van der Waals surface area contributed by atoms with Gasteiger partial charge in [0.1, 0.15) is 11.4 Å². The van der Waals surface area contributed by atoms with Crippen molar-refractivity contribution in [2.75, 3.05) is 34.3 Å². The Labute approximate surface area is 132 Å². The van der Waals surface area contributed by atoms with Gasteiger partial charge in [-0.25, -0.2) is 0 Å². The summed E-state index contributed by atoms with van der Waals surface area (Å²) in [6.45, 7) is 1.34. The van der Waals surface area contributed by atoms with Crippen LogP contribution in [0.1, 0.15) is 10.5 Å². The van der Waals surface area contributed by atoms with Gasteiger partial charge < -0.3 is 15.0 Å². The molecule has 0 spiro atoms. The van der Waals surface area contributed by atoms with Gasteiger partial charge in [-0.1, -0.05) is 15.9 Å². The first-order valence-electron chi connectivity index (χ1n) is 6.58. The molecular formula is C15H18BrN3O2. The molecule has 21 heavy (non-hydrogen) atoms. The molecule has 1 amide bonds. The molecule has 2 aromatic rings. The summed E-state index contributed by atoms with van der Waals surface area (Å²) in [5, 5.41) is 4.50. The van der Waals surface area contributed by atoms with E-state index in [9.17, 15) is 4.79 Å². The lowest BCUT2D eigenvalue weighted by Gasteiger charge is -2.13. The average molecular weight is 352 g/mol. The molecule has 0 radical (unpaired) electrons. The van der Waals surface area contributed by atoms with Gasteiger partial charge in [0.05, 0.1) is 12.5 Å². The Morgan fingerprint density at radius 3 is 2.81 bits per heavy atom. The molecule has 0 aliphatic rings. The van der Waals surface area contributed by atoms with E-state index in [0.717, 1.165) is 21.8 Å². The van der Waals surface area contributed by atoms with Crippen molar-refractivity contribution in [3.05, 3.63) is 34.6 Å². The lowest BCUT2D eigenvalue weighted by molar-refractivity contribution is 0.0947. The number of carbonyl (C=O) groups is 1. The zero-order chi connectivity index (χ0) is 15.4. The summed E-state index contributed by atoms with van der Waals surface area (Å²) >= 11 is 3.49. The van der Waals surface area contributed by atoms with Gasteiger partial charge >= 0.3 is 0 Å². The van der Waals surface area contributed by atoms with Crippen LogP contribution in [0.2, 0.25) is 0 Å². The number of halogens is 1. The normalized spacial score (nSPS) is 10.9. The zero-order valence-electron chi connectivity index (χ0n) is 12.3. The van der Waals surface area contributed by atoms with E-state index in [1.807, 2.05) is 37.2 Å². The molecule has 1 aromatic heterocycles. The first-order valence-corrected chi connectivity index (χ1v) is 7.38. The third-order valence-electron chi connectivity index (χ3n) is 3.12. The van der Waals surface area contributed by atoms with Gasteiger partial charge in [0, 0.05) is 29.1 Å². The van der Waals surface area contributed by atoms with E-state index in [2.05, 4.69) is 26.2 Å². The molecule has 0 atom stereocenters. The van der Waals surface area contributed by atoms with Gasteiger partial charge in [-0.15, -0.1) is 0 Å². The Balaban J connectivity index is 2.39. The second kappa shape index (κ2) is 6.87. The van der Waals surface area contributed by atoms with E-state index >= 15 is 0 Å². The molecule has 1 heterocycles. The van der Waals surface area contributed by atoms with Gasteiger partial charge in [-0.3, -0.25) is 9.78 Å². The Morgan fingerprint density at radius 1 is 1.38 bits per heavy atom. The zero-order valence-corrected chi connectivity index (χ0v) is 13.9. The molecule has 1 aromatic carbocycles. The van der Waals surface area contributed by atoms with Crippen LogP contribution in [0, 0.1) is 0 Å². The van der Waals surface area contributed by atoms with Crippen LogP contribution in [0.5, 0.6) is 5.75 Å². The molecule has 5 nitrogen and oxygen atoms in total. The summed E-state index contributed by atoms with van der Waals surface area (Å²) in [5.41, 5.74) is 0.379. The number of methoxy groups -OCH3 is 1. The minimum Gasteiger partial charge on any atom is -0.496 e. The lowest BCUT2D eigenvalue weighted by Crippen LogP contribution is -2.31. The fourth-order valence-corrected chi connectivity index (χ4v) is 2.51. The van der Waals surface area contributed by atoms with Gasteiger partial charge in [0.25, 0.3) is 5.91 Å². The molecule has 2 rings (SSSR count). The van der Waals surface area contributed by atoms with Crippen LogP contribution in [0.3, 0.4) is 0 Å². The van der Waals surface area contributed by atoms with Crippen molar-refractivity contribution >= 4 is 32.6 Å². The maximum atomic E-state index is 12.4. The maximum absolute atomic E-state index is 12.4. The van der Waals surface area contributed by atoms with E-state index in [1.54, 1.807) is 13.3 Å². The highest BCUT2D eigenvalue weighted by Gasteiger charge is 2.16. The van der Waals surface area contributed by atoms with Crippen molar-refractivity contribution in [1.29, 1.82) is 0 Å². The largest absolute Gasteiger partial charge is 0.496 e. The Morgan fingerprint density at radius 2 is 2.14 bits per heavy atom. The summed E-state index contributed by atoms with van der Waals surface area (Å²) in [6.07, 6.45) is 1.63. The van der Waals surface area contributed by atoms with Crippen LogP contribution < -0.4 is 10.1 Å². The van der Waals surface area contributed by atoms with Crippen molar-refractivity contribution in [2.24, 2.45) is 0 Å². The molecule has 112 valence electrons. The molecule has 6 heteroatoms. The number of hydrogen-bond acceptors (Lipinski definition) is 4. The number of carbonyl (C=O) groups excluding carboxylic acids is 1. The monoisotopic (exact) mass is 351 g/mol. The summed E-state index contributed by atoms with van der Waals surface area (Å²) in [7, 11) is 5.51. The molecule has 0 unspecified atom stereocenters. The predicted octanol–water partition coefficient (Wildman–Crippen LogP) is 2.30. The number of rotatable bonds is 5. The fourth-order valence-electron chi connectivity index (χ4n) is 2.05. The molecule has 0 fully saturated rings. The Hall–Kier alpha value is -1.66. The topological polar surface area (TPSA) is 54.5 Å². The standard InChI is InChI=1S/C15H18BrN3O2/c1-19(2)9-8-18-15(20)14-13-10(6-7-17-14)11(16)4-5-12(13)21-3/h4-7H,8-9H2,1-3H3,(H,18,20). The first-order chi connectivity index (χ1) is 10.0. The van der Waals surface area contributed by atoms with Gasteiger partial charge in [-0.2, -0.15) is 0 Å². The van der Waals surface area contributed by atoms with Gasteiger partial charge in [-0.05, 0) is 32.3 Å². The van der Waals surface area contributed by atoms with Crippen LogP contribution in [0.15, 0.2) is 28.9 Å². The van der Waals surface area contributed by atoms with Gasteiger partial charge in [0.15, 0.2) is 0 Å². The smallest absolute Gasteiger partial charge is 0.270 e. The second-order valence-electron chi connectivity index (χ2n) is 4.89. The van der Waals surface area contributed by atoms with Gasteiger partial charge in [0.2, 0.25) is 0 Å². The number of amides is 1. The van der Waals surface area contributed by atoms with E-state index < -0.39 is 0 Å². The first kappa shape index (κ1) is 15.7. The molecule has 0 saturated carbocycles. The van der Waals surface area contributed by atoms with E-state index in [0.29, 0.717) is 18.0 Å². The minimum atomic E-state index is -0.196. The highest BCUT2D eigenvalue weighted by molar-refractivity contribution is 9.10. The number of hydrogen-bond donors (Lipinski definition) is 1. The fraction of sp³-hybridized carbons (Fsp3) is 0.333. The molecule has 0 aliphatic carbocycles. The van der Waals surface area contributed by atoms with E-state index in [4.69, 9.17) is 4.74 Å². The van der Waals surface area contributed by atoms with Crippen LogP contribution in [0.25, 0.3) is 10.8 Å². The van der Waals surface area contributed by atoms with E-state index in [1.165, 1.54) is 0 Å². The highest BCUT2D eigenvalue weighted by atomic mass is 79.9. The number of aromatic nitrogens is 1. The SMILES string of the molecule is COc1ccc(Br)c2ccnc(C(=O)NCCN(C)C)c12. The maximum Gasteiger partial charge on any atom is 0.270 e. The molecular weight excluding hydrogens is 334 g/mol. The number of ether oxygens (including phenoxy) is 1. The minimum absolute atomic E-state index is 0.196. The third-order valence-corrected chi connectivity index (χ3v) is 3.81. The number of nitrogens with zero attached hydrogens (tertiary/aromatic N) is 2. The molecule has 1 N–H and O–H groups in total. The van der Waals surface area contributed by atoms with Crippen LogP contribution in [0.4, 0.5) is 0 Å². The number of nitrogens with one attached hydrogen (secondary N) is 1. The average Bonchev–Trinajstić information content (AvgIpc) is 2.47. The van der Waals surface area contributed by atoms with E-state index in [-0.39, 0.29) is 5.91 Å². The van der Waals surface area contributed by atoms with Crippen molar-refractivity contribution in [2.45, 2.75) is 0 Å². The number of fused-ring (bicyclic) bond motifs is 1. The van der Waals surface area contributed by atoms with Crippen molar-refractivity contribution < 1.29 is 9.53 Å². The third kappa shape index (κ3) is 3.51. The highest BCUT2D eigenvalue weighted by Crippen LogP contribution is 2.33. The predicted molar refractivity (Wildman–Crippen MR) is 86.9 cm³/mol. The number of likely N-dealkylation sites (N-methyl/N-ethyl adjacent to an activating group) is 1. The summed E-state index contributed by atoms with van der Waals surface area (Å²) < 4.78 is 6.27. The summed E-state index contributed by atoms with van der Waals surface area (Å²) in [4.78, 5) is 18.6. The van der Waals surface area contributed by atoms with Crippen molar-refractivity contribution in [3.63, 3.8) is 0 Å². The van der Waals surface area contributed by atoms with Crippen molar-refractivity contribution in [1.82, 2.24) is 15.2 Å². The van der Waals surface area contributed by atoms with Crippen LogP contribution in [-0.2, 0) is 0 Å². The second-order valence-corrected chi connectivity index (χ2v) is 5.75. The molecule has 0 aliphatic heterocycles. The Kier molecular flexibility index (Phi) is 5.14. The Bertz CT molecular complexity index is 659. The van der Waals surface area contributed by atoms with Crippen LogP contribution >= 0.6 is 15.9 Å². The van der Waals surface area contributed by atoms with Crippen molar-refractivity contribution in [3.8, 4) is 5.75 Å². The van der Waals surface area contributed by atoms with Crippen LogP contribution in [-0.4, -0.2) is 50.1 Å². The summed E-state index contributed by atoms with van der Waals surface area (Å²) in [6, 6.07) is 5.58. The number of benzene rings is 1. The molecule has 0 saturated heterocycles. The lowest BCUT2D eigenvalue weighted by atomic mass is 10.1. The summed E-state index contributed by atoms with van der Waals surface area (Å²) in [5.74, 6) is 0.443. The quantitative estimate of drug-likeness (QED) is 0.897. The molecule has 0 bridgehead atoms. The number of pyridine rings is 1.